The van der Waals surface area contributed by atoms with Crippen LogP contribution >= 0.6 is 0 Å². The van der Waals surface area contributed by atoms with Gasteiger partial charge < -0.3 is 19.9 Å². The summed E-state index contributed by atoms with van der Waals surface area (Å²) in [6.45, 7) is 12.8. The standard InChI is InChI=1S/C16H31N3O/c1-2-6-18-7-9-19(10-8-18)13-16(5-11-20-14-16)12-17-15-3-4-15/h15,17H,2-14H2,1H3. The first-order chi connectivity index (χ1) is 9.80. The summed E-state index contributed by atoms with van der Waals surface area (Å²) in [5, 5.41) is 3.74. The molecule has 3 rings (SSSR count). The Morgan fingerprint density at radius 1 is 1.15 bits per heavy atom. The molecule has 0 aromatic carbocycles. The molecule has 2 heterocycles. The van der Waals surface area contributed by atoms with Crippen LogP contribution in [0.1, 0.15) is 32.6 Å². The van der Waals surface area contributed by atoms with Gasteiger partial charge in [-0.3, -0.25) is 0 Å². The zero-order valence-electron chi connectivity index (χ0n) is 13.1. The van der Waals surface area contributed by atoms with Crippen molar-refractivity contribution in [3.05, 3.63) is 0 Å². The second-order valence-corrected chi connectivity index (χ2v) is 7.08. The minimum Gasteiger partial charge on any atom is -0.381 e. The lowest BCUT2D eigenvalue weighted by Crippen LogP contribution is -2.52. The van der Waals surface area contributed by atoms with Crippen LogP contribution in [0.25, 0.3) is 0 Å². The molecule has 20 heavy (non-hydrogen) atoms. The van der Waals surface area contributed by atoms with Crippen LogP contribution in [0.3, 0.4) is 0 Å². The monoisotopic (exact) mass is 281 g/mol. The number of nitrogens with one attached hydrogen (secondary N) is 1. The Balaban J connectivity index is 1.46. The summed E-state index contributed by atoms with van der Waals surface area (Å²) in [6, 6.07) is 0.814. The van der Waals surface area contributed by atoms with Crippen LogP contribution in [0.15, 0.2) is 0 Å². The molecule has 0 aromatic rings. The molecular formula is C16H31N3O. The molecule has 0 aromatic heterocycles. The van der Waals surface area contributed by atoms with Gasteiger partial charge in [-0.15, -0.1) is 0 Å². The number of rotatable bonds is 7. The number of piperazine rings is 1. The second-order valence-electron chi connectivity index (χ2n) is 7.08. The first-order valence-corrected chi connectivity index (χ1v) is 8.55. The van der Waals surface area contributed by atoms with E-state index in [1.165, 1.54) is 65.0 Å². The predicted molar refractivity (Wildman–Crippen MR) is 82.1 cm³/mol. The molecule has 0 amide bonds. The Hall–Kier alpha value is -0.160. The minimum atomic E-state index is 0.384. The fourth-order valence-corrected chi connectivity index (χ4v) is 3.58. The van der Waals surface area contributed by atoms with Crippen LogP contribution in [0.2, 0.25) is 0 Å². The first kappa shape index (κ1) is 14.8. The van der Waals surface area contributed by atoms with E-state index in [-0.39, 0.29) is 0 Å². The third kappa shape index (κ3) is 3.94. The lowest BCUT2D eigenvalue weighted by atomic mass is 9.86. The Bertz CT molecular complexity index is 292. The maximum Gasteiger partial charge on any atom is 0.0547 e. The summed E-state index contributed by atoms with van der Waals surface area (Å²) >= 11 is 0. The molecule has 1 saturated carbocycles. The van der Waals surface area contributed by atoms with Crippen LogP contribution in [-0.2, 0) is 4.74 Å². The average Bonchev–Trinajstić information content (AvgIpc) is 3.19. The van der Waals surface area contributed by atoms with Gasteiger partial charge >= 0.3 is 0 Å². The van der Waals surface area contributed by atoms with Gasteiger partial charge in [-0.2, -0.15) is 0 Å². The van der Waals surface area contributed by atoms with Crippen molar-refractivity contribution in [3.63, 3.8) is 0 Å². The van der Waals surface area contributed by atoms with E-state index in [2.05, 4.69) is 22.0 Å². The molecule has 116 valence electrons. The average molecular weight is 281 g/mol. The lowest BCUT2D eigenvalue weighted by Gasteiger charge is -2.39. The third-order valence-electron chi connectivity index (χ3n) is 5.09. The van der Waals surface area contributed by atoms with Gasteiger partial charge in [0.25, 0.3) is 0 Å². The van der Waals surface area contributed by atoms with Crippen LogP contribution < -0.4 is 5.32 Å². The van der Waals surface area contributed by atoms with E-state index >= 15 is 0 Å². The fraction of sp³-hybridized carbons (Fsp3) is 1.00. The van der Waals surface area contributed by atoms with Crippen molar-refractivity contribution in [1.82, 2.24) is 15.1 Å². The Morgan fingerprint density at radius 3 is 2.50 bits per heavy atom. The first-order valence-electron chi connectivity index (χ1n) is 8.55. The van der Waals surface area contributed by atoms with E-state index in [0.717, 1.165) is 25.8 Å². The molecule has 3 fully saturated rings. The highest BCUT2D eigenvalue weighted by Gasteiger charge is 2.38. The van der Waals surface area contributed by atoms with Gasteiger partial charge in [0.15, 0.2) is 0 Å². The largest absolute Gasteiger partial charge is 0.381 e. The van der Waals surface area contributed by atoms with Gasteiger partial charge in [-0.25, -0.2) is 0 Å². The van der Waals surface area contributed by atoms with Crippen LogP contribution in [0, 0.1) is 5.41 Å². The highest BCUT2D eigenvalue weighted by molar-refractivity contribution is 4.92. The molecule has 3 aliphatic rings. The third-order valence-corrected chi connectivity index (χ3v) is 5.09. The van der Waals surface area contributed by atoms with Gasteiger partial charge in [0, 0.05) is 57.3 Å². The van der Waals surface area contributed by atoms with Gasteiger partial charge in [0.2, 0.25) is 0 Å². The van der Waals surface area contributed by atoms with E-state index in [1.807, 2.05) is 0 Å². The summed E-state index contributed by atoms with van der Waals surface area (Å²) in [5.74, 6) is 0. The van der Waals surface area contributed by atoms with Crippen molar-refractivity contribution < 1.29 is 4.74 Å². The van der Waals surface area contributed by atoms with Gasteiger partial charge in [0.05, 0.1) is 6.61 Å². The number of nitrogens with zero attached hydrogens (tertiary/aromatic N) is 2. The Labute approximate surface area is 123 Å². The minimum absolute atomic E-state index is 0.384. The molecule has 4 heteroatoms. The van der Waals surface area contributed by atoms with Crippen molar-refractivity contribution in [2.75, 3.05) is 59.0 Å². The van der Waals surface area contributed by atoms with Gasteiger partial charge in [-0.05, 0) is 32.2 Å². The van der Waals surface area contributed by atoms with Crippen molar-refractivity contribution in [2.45, 2.75) is 38.6 Å². The summed E-state index contributed by atoms with van der Waals surface area (Å²) < 4.78 is 5.74. The van der Waals surface area contributed by atoms with E-state index in [1.54, 1.807) is 0 Å². The summed E-state index contributed by atoms with van der Waals surface area (Å²) in [7, 11) is 0. The van der Waals surface area contributed by atoms with E-state index in [9.17, 15) is 0 Å². The zero-order valence-corrected chi connectivity index (χ0v) is 13.1. The quantitative estimate of drug-likeness (QED) is 0.758. The van der Waals surface area contributed by atoms with E-state index in [0.29, 0.717) is 5.41 Å². The molecule has 4 nitrogen and oxygen atoms in total. The molecule has 0 bridgehead atoms. The number of ether oxygens (including phenoxy) is 1. The number of hydrogen-bond donors (Lipinski definition) is 1. The SMILES string of the molecule is CCCN1CCN(CC2(CNC3CC3)CCOC2)CC1. The molecule has 0 spiro atoms. The van der Waals surface area contributed by atoms with Crippen molar-refractivity contribution in [3.8, 4) is 0 Å². The molecular weight excluding hydrogens is 250 g/mol. The van der Waals surface area contributed by atoms with Crippen molar-refractivity contribution >= 4 is 0 Å². The van der Waals surface area contributed by atoms with Crippen LogP contribution in [-0.4, -0.2) is 74.9 Å². The van der Waals surface area contributed by atoms with Gasteiger partial charge in [0.1, 0.15) is 0 Å². The van der Waals surface area contributed by atoms with E-state index < -0.39 is 0 Å². The summed E-state index contributed by atoms with van der Waals surface area (Å²) in [4.78, 5) is 5.28. The maximum absolute atomic E-state index is 5.74. The molecule has 1 unspecified atom stereocenters. The topological polar surface area (TPSA) is 27.7 Å². The Morgan fingerprint density at radius 2 is 1.90 bits per heavy atom. The molecule has 2 aliphatic heterocycles. The predicted octanol–water partition coefficient (Wildman–Crippen LogP) is 1.17. The molecule has 2 saturated heterocycles. The molecule has 1 aliphatic carbocycles. The highest BCUT2D eigenvalue weighted by atomic mass is 16.5. The smallest absolute Gasteiger partial charge is 0.0547 e. The fourth-order valence-electron chi connectivity index (χ4n) is 3.58. The summed E-state index contributed by atoms with van der Waals surface area (Å²) in [5.41, 5.74) is 0.384. The lowest BCUT2D eigenvalue weighted by molar-refractivity contribution is 0.0710. The normalized spacial score (nSPS) is 32.9. The van der Waals surface area contributed by atoms with Crippen molar-refractivity contribution in [1.29, 1.82) is 0 Å². The zero-order chi connectivity index (χ0) is 13.8. The maximum atomic E-state index is 5.74. The van der Waals surface area contributed by atoms with Crippen LogP contribution in [0.5, 0.6) is 0 Å². The highest BCUT2D eigenvalue weighted by Crippen LogP contribution is 2.31. The van der Waals surface area contributed by atoms with Crippen molar-refractivity contribution in [2.24, 2.45) is 5.41 Å². The number of hydrogen-bond acceptors (Lipinski definition) is 4. The Kier molecular flexibility index (Phi) is 4.97. The molecule has 1 N–H and O–H groups in total. The summed E-state index contributed by atoms with van der Waals surface area (Å²) in [6.07, 6.45) is 5.28. The van der Waals surface area contributed by atoms with Gasteiger partial charge in [-0.1, -0.05) is 6.92 Å². The van der Waals surface area contributed by atoms with E-state index in [4.69, 9.17) is 4.74 Å². The van der Waals surface area contributed by atoms with Crippen LogP contribution in [0.4, 0.5) is 0 Å². The second kappa shape index (κ2) is 6.73. The molecule has 1 atom stereocenters. The molecule has 0 radical (unpaired) electrons.